The number of rotatable bonds is 52. The Kier molecular flexibility index (Phi) is 40.5. The van der Waals surface area contributed by atoms with Gasteiger partial charge >= 0.3 is 57.6 Å². The van der Waals surface area contributed by atoms with E-state index in [1.165, 1.54) is 153 Å². The minimum Gasteiger partial charge on any atom is -0.756 e. The number of phosphoric ester groups is 1. The molecule has 0 saturated heterocycles. The Morgan fingerprint density at radius 2 is 1.13 bits per heavy atom. The molecule has 0 saturated carbocycles. The number of fused-ring (bicyclic) bond motifs is 2. The molecule has 1 unspecified atom stereocenters. The monoisotopic (exact) mass is 1390 g/mol. The van der Waals surface area contributed by atoms with Gasteiger partial charge in [-0.3, -0.25) is 33.7 Å². The van der Waals surface area contributed by atoms with Crippen LogP contribution in [0, 0.1) is 0 Å². The number of carboxylic acids is 1. The van der Waals surface area contributed by atoms with E-state index >= 15 is 0 Å². The fourth-order valence-electron chi connectivity index (χ4n) is 10.9. The molecule has 522 valence electrons. The molecule has 0 aromatic heterocycles. The molecule has 2 aliphatic rings. The minimum atomic E-state index is -5.45. The third-order valence-electron chi connectivity index (χ3n) is 15.9. The number of carboxylic acid groups (broad SMARTS) is 1. The van der Waals surface area contributed by atoms with Crippen LogP contribution >= 0.6 is 7.82 Å². The number of unbranched alkanes of at least 4 members (excludes halogenated alkanes) is 28. The van der Waals surface area contributed by atoms with Crippen molar-refractivity contribution >= 4 is 74.4 Å². The third kappa shape index (κ3) is 31.6. The fourth-order valence-corrected chi connectivity index (χ4v) is 13.1. The molecule has 24 nitrogen and oxygen atoms in total. The summed E-state index contributed by atoms with van der Waals surface area (Å²) in [6, 6.07) is 7.85. The largest absolute Gasteiger partial charge is 1.00 e. The fraction of sp³-hybridized carbons (Fsp3) is 0.636. The molecule has 1 aliphatic heterocycles. The Bertz CT molecular complexity index is 3290. The zero-order valence-corrected chi connectivity index (χ0v) is 59.9. The summed E-state index contributed by atoms with van der Waals surface area (Å²) in [5, 5.41) is 20.4. The number of esters is 2. The van der Waals surface area contributed by atoms with E-state index in [4.69, 9.17) is 38.8 Å². The Balaban J connectivity index is 0.0000230. The molecule has 8 N–H and O–H groups in total. The minimum absolute atomic E-state index is 0. The van der Waals surface area contributed by atoms with Crippen LogP contribution in [-0.4, -0.2) is 113 Å². The van der Waals surface area contributed by atoms with Crippen LogP contribution in [0.5, 0.6) is 0 Å². The van der Waals surface area contributed by atoms with Gasteiger partial charge in [0.15, 0.2) is 17.4 Å². The van der Waals surface area contributed by atoms with Crippen LogP contribution in [0.25, 0.3) is 33.4 Å². The maximum Gasteiger partial charge on any atom is 1.00 e. The zero-order chi connectivity index (χ0) is 68.1. The molecule has 28 heteroatoms. The second kappa shape index (κ2) is 45.6. The second-order valence-electron chi connectivity index (χ2n) is 23.6. The number of amides is 2. The van der Waals surface area contributed by atoms with Gasteiger partial charge in [0.25, 0.3) is 13.7 Å². The summed E-state index contributed by atoms with van der Waals surface area (Å²) in [5.74, 6) is -4.93. The van der Waals surface area contributed by atoms with E-state index in [9.17, 15) is 64.5 Å². The number of hydrogen-bond acceptors (Lipinski definition) is 19. The number of carbonyl (C=O) groups is 5. The summed E-state index contributed by atoms with van der Waals surface area (Å²) < 4.78 is 117. The number of aromatic carboxylic acids is 1. The molecule has 1 heterocycles. The van der Waals surface area contributed by atoms with Crippen molar-refractivity contribution in [3.8, 4) is 22.5 Å². The standard InChI is InChI=1S/C66H101N4O20PS2.Na/c1-3-5-7-9-11-13-15-17-19-21-23-25-27-29-31-33-58(72)86-46-50(89-59(73)34-32-30-28-26-24-22-20-18-16-14-12-10-8-6-4-2)47-88-91(77,78)87-44-42-69-57(71)48-85-43-41-70-65(74)49-35-36-51(54(45-49)66(75)76)60-52-37-39-55(67)63(92(79,80)81)61(52)90-62-53(60)38-40-56(68)64(62)93(82,83)84;/h35-40,45,50,67H,3-34,41-44,46-48,68H2,1-2H3,(H,69,71)(H,70,74)(H,75,76)(H,77,78)(H,79,80,81)(H,82,83,84);/q;+1/p-1/t50-;/m1./s1. The van der Waals surface area contributed by atoms with Gasteiger partial charge in [0.1, 0.15) is 28.2 Å². The van der Waals surface area contributed by atoms with Crippen molar-refractivity contribution in [3.05, 3.63) is 58.9 Å². The molecule has 2 aromatic carbocycles. The van der Waals surface area contributed by atoms with E-state index < -0.39 is 128 Å². The van der Waals surface area contributed by atoms with E-state index in [2.05, 4.69) is 24.5 Å². The van der Waals surface area contributed by atoms with Gasteiger partial charge in [0.2, 0.25) is 16.2 Å². The van der Waals surface area contributed by atoms with Crippen LogP contribution in [0.2, 0.25) is 0 Å². The van der Waals surface area contributed by atoms with Crippen molar-refractivity contribution < 1.29 is 127 Å². The van der Waals surface area contributed by atoms with E-state index in [-0.39, 0.29) is 89.7 Å². The first-order valence-electron chi connectivity index (χ1n) is 33.3. The first-order valence-corrected chi connectivity index (χ1v) is 37.6. The first kappa shape index (κ1) is 83.4. The average Bonchev–Trinajstić information content (AvgIpc) is 0.724. The summed E-state index contributed by atoms with van der Waals surface area (Å²) in [5.41, 5.74) is 3.10. The van der Waals surface area contributed by atoms with E-state index in [1.54, 1.807) is 0 Å². The van der Waals surface area contributed by atoms with Gasteiger partial charge in [-0.05, 0) is 48.7 Å². The van der Waals surface area contributed by atoms with Gasteiger partial charge in [-0.1, -0.05) is 200 Å². The number of carbonyl (C=O) groups excluding carboxylic acids is 4. The van der Waals surface area contributed by atoms with E-state index in [1.807, 2.05) is 0 Å². The van der Waals surface area contributed by atoms with Crippen molar-refractivity contribution in [1.82, 2.24) is 10.6 Å². The Labute approximate surface area is 576 Å². The summed E-state index contributed by atoms with van der Waals surface area (Å²) in [6.07, 6.45) is 34.2. The Hall–Kier alpha value is -4.83. The number of nitrogens with one attached hydrogen (secondary N) is 2. The zero-order valence-electron chi connectivity index (χ0n) is 55.4. The van der Waals surface area contributed by atoms with Gasteiger partial charge in [-0.2, -0.15) is 8.42 Å². The molecule has 2 aromatic rings. The van der Waals surface area contributed by atoms with Crippen molar-refractivity contribution in [2.75, 3.05) is 51.9 Å². The number of phosphoric acid groups is 1. The third-order valence-corrected chi connectivity index (χ3v) is 18.7. The van der Waals surface area contributed by atoms with Crippen LogP contribution in [0.1, 0.15) is 240 Å². The molecular formula is C66H100N4NaO20PS2. The predicted octanol–water partition coefficient (Wildman–Crippen LogP) is 7.64. The van der Waals surface area contributed by atoms with Crippen molar-refractivity contribution in [1.29, 1.82) is 0 Å². The summed E-state index contributed by atoms with van der Waals surface area (Å²) >= 11 is 0. The molecule has 0 bridgehead atoms. The van der Waals surface area contributed by atoms with Crippen molar-refractivity contribution in [2.45, 2.75) is 235 Å². The average molecular weight is 1390 g/mol. The molecule has 2 amide bonds. The van der Waals surface area contributed by atoms with Gasteiger partial charge in [-0.25, -0.2) is 13.2 Å². The predicted molar refractivity (Wildman–Crippen MR) is 348 cm³/mol. The van der Waals surface area contributed by atoms with Crippen molar-refractivity contribution in [2.24, 2.45) is 0 Å². The molecule has 4 rings (SSSR count). The van der Waals surface area contributed by atoms with Crippen molar-refractivity contribution in [3.63, 3.8) is 0 Å². The summed E-state index contributed by atoms with van der Waals surface area (Å²) in [4.78, 5) is 75.0. The Morgan fingerprint density at radius 1 is 0.638 bits per heavy atom. The smallest absolute Gasteiger partial charge is 0.756 e. The van der Waals surface area contributed by atoms with Crippen LogP contribution in [0.3, 0.4) is 0 Å². The summed E-state index contributed by atoms with van der Waals surface area (Å²) in [7, 11) is -15.7. The number of hydrogen-bond donors (Lipinski definition) is 6. The van der Waals surface area contributed by atoms with Gasteiger partial charge in [0, 0.05) is 54.1 Å². The first-order chi connectivity index (χ1) is 44.5. The number of ether oxygens (including phenoxy) is 3. The molecular weight excluding hydrogens is 1290 g/mol. The number of benzene rings is 3. The SMILES string of the molecule is CCCCCCCCCCCCCCCCCC(=O)OC[C@H](COP(=O)([O-])OCCNC(=O)COCCNC(=O)c1ccc(-c2c3ccc(=[NH2+])c(S(=O)(=O)O)c-3oc3c(S(=O)(=O)[O-])c(N)ccc23)c(C(=O)O)c1)OC(=O)CCCCCCCCCCCCCCCCC.[Na+]. The quantitative estimate of drug-likeness (QED) is 0.00470. The van der Waals surface area contributed by atoms with Gasteiger partial charge in [-0.15, -0.1) is 0 Å². The molecule has 2 atom stereocenters. The molecule has 0 fully saturated rings. The molecule has 0 spiro atoms. The number of anilines is 1. The van der Waals surface area contributed by atoms with E-state index in [0.29, 0.717) is 12.8 Å². The van der Waals surface area contributed by atoms with Crippen LogP contribution < -0.4 is 61.6 Å². The normalized spacial score (nSPS) is 12.7. The number of nitrogen functional groups attached to an aromatic ring is 1. The van der Waals surface area contributed by atoms with E-state index in [0.717, 1.165) is 69.6 Å². The summed E-state index contributed by atoms with van der Waals surface area (Å²) in [6.45, 7) is 1.51. The molecule has 94 heavy (non-hydrogen) atoms. The van der Waals surface area contributed by atoms with Crippen LogP contribution in [0.4, 0.5) is 5.69 Å². The maximum absolute atomic E-state index is 13.3. The van der Waals surface area contributed by atoms with Gasteiger partial charge < -0.3 is 58.6 Å². The van der Waals surface area contributed by atoms with Crippen LogP contribution in [0.15, 0.2) is 56.7 Å². The maximum atomic E-state index is 13.3. The molecule has 0 radical (unpaired) electrons. The number of nitrogens with two attached hydrogens (primary N) is 2. The topological polar surface area (TPSA) is 392 Å². The molecule has 1 aliphatic carbocycles. The second-order valence-corrected chi connectivity index (χ2v) is 27.7. The van der Waals surface area contributed by atoms with Gasteiger partial charge in [0.05, 0.1) is 31.1 Å². The Morgan fingerprint density at radius 3 is 1.63 bits per heavy atom. The van der Waals surface area contributed by atoms with Crippen LogP contribution in [-0.2, 0) is 62.4 Å².